The molecular weight excluding hydrogens is 368 g/mol. The van der Waals surface area contributed by atoms with Gasteiger partial charge in [-0.3, -0.25) is 9.59 Å². The zero-order chi connectivity index (χ0) is 20.4. The van der Waals surface area contributed by atoms with Gasteiger partial charge in [-0.2, -0.15) is 0 Å². The quantitative estimate of drug-likeness (QED) is 0.802. The van der Waals surface area contributed by atoms with Gasteiger partial charge in [-0.15, -0.1) is 0 Å². The van der Waals surface area contributed by atoms with E-state index in [1.54, 1.807) is 23.0 Å². The largest absolute Gasteiger partial charge is 0.486 e. The minimum absolute atomic E-state index is 0.0474. The lowest BCUT2D eigenvalue weighted by molar-refractivity contribution is -0.134. The SMILES string of the molecule is CC(=O)N1C=Cc2ccccc2[C@H]1CC(=O)N(C)C[C@H]1COc2ccccc2O1. The topological polar surface area (TPSA) is 59.1 Å². The van der Waals surface area contributed by atoms with Crippen LogP contribution in [0.5, 0.6) is 11.5 Å². The van der Waals surface area contributed by atoms with Crippen LogP contribution in [0.2, 0.25) is 0 Å². The number of carbonyl (C=O) groups is 2. The lowest BCUT2D eigenvalue weighted by atomic mass is 9.93. The summed E-state index contributed by atoms with van der Waals surface area (Å²) in [4.78, 5) is 28.4. The van der Waals surface area contributed by atoms with Crippen LogP contribution in [0.15, 0.2) is 54.7 Å². The number of rotatable bonds is 4. The number of ether oxygens (including phenoxy) is 2. The molecule has 2 aromatic rings. The third-order valence-corrected chi connectivity index (χ3v) is 5.31. The molecule has 2 aliphatic rings. The normalized spacial score (nSPS) is 19.4. The number of fused-ring (bicyclic) bond motifs is 2. The first-order chi connectivity index (χ1) is 14.0. The Balaban J connectivity index is 1.44. The molecule has 2 amide bonds. The van der Waals surface area contributed by atoms with Crippen molar-refractivity contribution in [1.29, 1.82) is 0 Å². The Hall–Kier alpha value is -3.28. The van der Waals surface area contributed by atoms with E-state index >= 15 is 0 Å². The summed E-state index contributed by atoms with van der Waals surface area (Å²) >= 11 is 0. The fourth-order valence-electron chi connectivity index (χ4n) is 3.79. The summed E-state index contributed by atoms with van der Waals surface area (Å²) in [5.41, 5.74) is 2.02. The van der Waals surface area contributed by atoms with Crippen molar-refractivity contribution >= 4 is 17.9 Å². The van der Waals surface area contributed by atoms with Crippen LogP contribution in [-0.4, -0.2) is 47.9 Å². The lowest BCUT2D eigenvalue weighted by Gasteiger charge is -2.34. The zero-order valence-corrected chi connectivity index (χ0v) is 16.6. The van der Waals surface area contributed by atoms with Crippen molar-refractivity contribution in [1.82, 2.24) is 9.80 Å². The first-order valence-electron chi connectivity index (χ1n) is 9.71. The Bertz CT molecular complexity index is 955. The number of hydrogen-bond acceptors (Lipinski definition) is 4. The Kier molecular flexibility index (Phi) is 5.25. The Morgan fingerprint density at radius 3 is 2.62 bits per heavy atom. The molecular formula is C23H24N2O4. The molecule has 0 unspecified atom stereocenters. The molecule has 29 heavy (non-hydrogen) atoms. The smallest absolute Gasteiger partial charge is 0.224 e. The van der Waals surface area contributed by atoms with E-state index in [-0.39, 0.29) is 30.4 Å². The molecule has 0 aliphatic carbocycles. The van der Waals surface area contributed by atoms with E-state index in [2.05, 4.69) is 0 Å². The second-order valence-electron chi connectivity index (χ2n) is 7.36. The maximum Gasteiger partial charge on any atom is 0.224 e. The Morgan fingerprint density at radius 1 is 1.10 bits per heavy atom. The molecule has 2 aromatic carbocycles. The molecule has 2 aliphatic heterocycles. The van der Waals surface area contributed by atoms with Crippen LogP contribution < -0.4 is 9.47 Å². The maximum atomic E-state index is 13.0. The maximum absolute atomic E-state index is 13.0. The minimum Gasteiger partial charge on any atom is -0.486 e. The van der Waals surface area contributed by atoms with Crippen LogP contribution in [-0.2, 0) is 9.59 Å². The predicted molar refractivity (Wildman–Crippen MR) is 109 cm³/mol. The summed E-state index contributed by atoms with van der Waals surface area (Å²) < 4.78 is 11.7. The van der Waals surface area contributed by atoms with Gasteiger partial charge in [0, 0.05) is 20.2 Å². The number of amides is 2. The minimum atomic E-state index is -0.312. The van der Waals surface area contributed by atoms with Gasteiger partial charge < -0.3 is 19.3 Å². The monoisotopic (exact) mass is 392 g/mol. The molecule has 0 bridgehead atoms. The second kappa shape index (κ2) is 7.99. The number of hydrogen-bond donors (Lipinski definition) is 0. The van der Waals surface area contributed by atoms with Crippen molar-refractivity contribution in [2.45, 2.75) is 25.5 Å². The summed E-state index contributed by atoms with van der Waals surface area (Å²) in [6.45, 7) is 2.32. The molecule has 0 spiro atoms. The van der Waals surface area contributed by atoms with Gasteiger partial charge in [-0.25, -0.2) is 0 Å². The van der Waals surface area contributed by atoms with Crippen molar-refractivity contribution in [3.8, 4) is 11.5 Å². The predicted octanol–water partition coefficient (Wildman–Crippen LogP) is 3.25. The summed E-state index contributed by atoms with van der Waals surface area (Å²) in [5, 5.41) is 0. The first kappa shape index (κ1) is 19.1. The molecule has 150 valence electrons. The van der Waals surface area contributed by atoms with E-state index in [0.717, 1.165) is 16.9 Å². The third kappa shape index (κ3) is 3.97. The van der Waals surface area contributed by atoms with Gasteiger partial charge in [0.05, 0.1) is 19.0 Å². The number of likely N-dealkylation sites (N-methyl/N-ethyl adjacent to an activating group) is 1. The Morgan fingerprint density at radius 2 is 1.83 bits per heavy atom. The molecule has 2 atom stereocenters. The summed E-state index contributed by atoms with van der Waals surface area (Å²) in [6.07, 6.45) is 3.65. The highest BCUT2D eigenvalue weighted by Gasteiger charge is 2.30. The van der Waals surface area contributed by atoms with Gasteiger partial charge >= 0.3 is 0 Å². The number of nitrogens with zero attached hydrogens (tertiary/aromatic N) is 2. The zero-order valence-electron chi connectivity index (χ0n) is 16.6. The summed E-state index contributed by atoms with van der Waals surface area (Å²) in [5.74, 6) is 1.28. The highest BCUT2D eigenvalue weighted by atomic mass is 16.6. The van der Waals surface area contributed by atoms with Crippen molar-refractivity contribution in [3.05, 3.63) is 65.9 Å². The number of carbonyl (C=O) groups excluding carboxylic acids is 2. The van der Waals surface area contributed by atoms with Crippen LogP contribution in [0.4, 0.5) is 0 Å². The van der Waals surface area contributed by atoms with E-state index in [1.165, 1.54) is 6.92 Å². The molecule has 4 rings (SSSR count). The number of para-hydroxylation sites is 2. The van der Waals surface area contributed by atoms with Gasteiger partial charge in [0.15, 0.2) is 17.6 Å². The van der Waals surface area contributed by atoms with Crippen LogP contribution in [0.1, 0.15) is 30.5 Å². The van der Waals surface area contributed by atoms with Gasteiger partial charge in [0.2, 0.25) is 11.8 Å². The molecule has 2 heterocycles. The average molecular weight is 392 g/mol. The van der Waals surface area contributed by atoms with Crippen molar-refractivity contribution in [3.63, 3.8) is 0 Å². The second-order valence-corrected chi connectivity index (χ2v) is 7.36. The van der Waals surface area contributed by atoms with Gasteiger partial charge in [0.1, 0.15) is 6.61 Å². The van der Waals surface area contributed by atoms with Crippen LogP contribution in [0.3, 0.4) is 0 Å². The van der Waals surface area contributed by atoms with Crippen molar-refractivity contribution in [2.75, 3.05) is 20.2 Å². The standard InChI is InChI=1S/C23H24N2O4/c1-16(26)25-12-11-17-7-3-4-8-19(17)20(25)13-23(27)24(2)14-18-15-28-21-9-5-6-10-22(21)29-18/h3-12,18,20H,13-15H2,1-2H3/t18-,20+/m0/s1. The molecule has 6 heteroatoms. The fourth-order valence-corrected chi connectivity index (χ4v) is 3.79. The van der Waals surface area contributed by atoms with E-state index in [4.69, 9.17) is 9.47 Å². The highest BCUT2D eigenvalue weighted by Crippen LogP contribution is 2.34. The first-order valence-corrected chi connectivity index (χ1v) is 9.71. The van der Waals surface area contributed by atoms with Crippen LogP contribution in [0.25, 0.3) is 6.08 Å². The average Bonchev–Trinajstić information content (AvgIpc) is 2.73. The Labute approximate surface area is 170 Å². The number of benzene rings is 2. The molecule has 0 saturated heterocycles. The molecule has 0 aromatic heterocycles. The fraction of sp³-hybridized carbons (Fsp3) is 0.304. The van der Waals surface area contributed by atoms with E-state index in [1.807, 2.05) is 54.6 Å². The van der Waals surface area contributed by atoms with E-state index < -0.39 is 0 Å². The molecule has 0 radical (unpaired) electrons. The third-order valence-electron chi connectivity index (χ3n) is 5.31. The van der Waals surface area contributed by atoms with Crippen LogP contribution >= 0.6 is 0 Å². The van der Waals surface area contributed by atoms with Crippen molar-refractivity contribution in [2.24, 2.45) is 0 Å². The van der Waals surface area contributed by atoms with Crippen molar-refractivity contribution < 1.29 is 19.1 Å². The van der Waals surface area contributed by atoms with E-state index in [9.17, 15) is 9.59 Å². The summed E-state index contributed by atoms with van der Waals surface area (Å²) in [7, 11) is 1.76. The van der Waals surface area contributed by atoms with Gasteiger partial charge in [-0.1, -0.05) is 36.4 Å². The van der Waals surface area contributed by atoms with Gasteiger partial charge in [0.25, 0.3) is 0 Å². The van der Waals surface area contributed by atoms with Crippen LogP contribution in [0, 0.1) is 0 Å². The molecule has 6 nitrogen and oxygen atoms in total. The van der Waals surface area contributed by atoms with Gasteiger partial charge in [-0.05, 0) is 29.3 Å². The van der Waals surface area contributed by atoms with E-state index in [0.29, 0.717) is 18.9 Å². The molecule has 0 N–H and O–H groups in total. The lowest BCUT2D eigenvalue weighted by Crippen LogP contribution is -2.43. The highest BCUT2D eigenvalue weighted by molar-refractivity contribution is 5.81. The summed E-state index contributed by atoms with van der Waals surface area (Å²) in [6, 6.07) is 15.1. The molecule has 0 fully saturated rings. The molecule has 0 saturated carbocycles.